The number of benzene rings is 1. The fourth-order valence-corrected chi connectivity index (χ4v) is 5.27. The van der Waals surface area contributed by atoms with Crippen molar-refractivity contribution in [3.8, 4) is 0 Å². The van der Waals surface area contributed by atoms with Crippen molar-refractivity contribution in [2.75, 3.05) is 47.0 Å². The van der Waals surface area contributed by atoms with Crippen LogP contribution >= 0.6 is 23.2 Å². The van der Waals surface area contributed by atoms with E-state index in [1.165, 1.54) is 21.8 Å². The van der Waals surface area contributed by atoms with Crippen LogP contribution in [0.2, 0.25) is 0 Å². The van der Waals surface area contributed by atoms with E-state index in [0.29, 0.717) is 35.7 Å². The zero-order chi connectivity index (χ0) is 35.0. The van der Waals surface area contributed by atoms with Crippen LogP contribution in [0.25, 0.3) is 0 Å². The first-order valence-corrected chi connectivity index (χ1v) is 15.9. The number of nitrogens with zero attached hydrogens (tertiary/aromatic N) is 6. The van der Waals surface area contributed by atoms with Gasteiger partial charge in [-0.2, -0.15) is 5.10 Å². The van der Waals surface area contributed by atoms with Gasteiger partial charge < -0.3 is 30.8 Å². The number of carbonyl (C=O) groups excluding carboxylic acids is 4. The van der Waals surface area contributed by atoms with E-state index < -0.39 is 11.8 Å². The number of aryl methyl sites for hydroxylation is 3. The molecule has 17 heteroatoms. The second-order valence-electron chi connectivity index (χ2n) is 10.7. The summed E-state index contributed by atoms with van der Waals surface area (Å²) in [5, 5.41) is 22.9. The van der Waals surface area contributed by atoms with Gasteiger partial charge in [-0.3, -0.25) is 29.3 Å². The minimum absolute atomic E-state index is 0.0372. The maximum Gasteiger partial charge on any atom is 0.274 e. The fourth-order valence-electron chi connectivity index (χ4n) is 4.88. The van der Waals surface area contributed by atoms with Gasteiger partial charge in [-0.1, -0.05) is 18.2 Å². The molecule has 0 aliphatic heterocycles. The quantitative estimate of drug-likeness (QED) is 0.0546. The second kappa shape index (κ2) is 16.1. The number of nitrogens with one attached hydrogen (secondary N) is 4. The summed E-state index contributed by atoms with van der Waals surface area (Å²) in [6, 6.07) is 13.3. The molecular formula is C31H37Cl2N11O4. The molecule has 4 aromatic rings. The van der Waals surface area contributed by atoms with E-state index in [2.05, 4.69) is 21.0 Å². The fraction of sp³-hybridized carbons (Fsp3) is 0.290. The monoisotopic (exact) mass is 697 g/mol. The topological polar surface area (TPSA) is 188 Å². The number of halogens is 2. The zero-order valence-corrected chi connectivity index (χ0v) is 28.2. The van der Waals surface area contributed by atoms with Crippen molar-refractivity contribution in [1.82, 2.24) is 29.2 Å². The number of carbonyl (C=O) groups is 4. The molecule has 0 unspecified atom stereocenters. The maximum absolute atomic E-state index is 13.7. The highest BCUT2D eigenvalue weighted by atomic mass is 35.5. The van der Waals surface area contributed by atoms with Gasteiger partial charge in [-0.25, -0.2) is 10.0 Å². The van der Waals surface area contributed by atoms with E-state index in [0.717, 1.165) is 0 Å². The summed E-state index contributed by atoms with van der Waals surface area (Å²) >= 11 is 12.1. The average molecular weight is 699 g/mol. The second-order valence-corrected chi connectivity index (χ2v) is 11.5. The summed E-state index contributed by atoms with van der Waals surface area (Å²) < 4.78 is 4.45. The van der Waals surface area contributed by atoms with Gasteiger partial charge >= 0.3 is 0 Å². The molecule has 4 rings (SSSR count). The average Bonchev–Trinajstić information content (AvgIpc) is 3.73. The number of amides is 4. The molecule has 48 heavy (non-hydrogen) atoms. The lowest BCUT2D eigenvalue weighted by atomic mass is 10.2. The molecule has 0 spiro atoms. The number of hydrogen-bond donors (Lipinski definition) is 5. The first kappa shape index (κ1) is 35.7. The van der Waals surface area contributed by atoms with Gasteiger partial charge in [0.15, 0.2) is 5.82 Å². The molecule has 254 valence electrons. The Morgan fingerprint density at radius 1 is 0.854 bits per heavy atom. The van der Waals surface area contributed by atoms with Gasteiger partial charge in [-0.05, 0) is 24.3 Å². The van der Waals surface area contributed by atoms with Crippen LogP contribution in [0, 0.1) is 5.41 Å². The lowest BCUT2D eigenvalue weighted by molar-refractivity contribution is 0.0901. The predicted octanol–water partition coefficient (Wildman–Crippen LogP) is 3.00. The summed E-state index contributed by atoms with van der Waals surface area (Å²) in [7, 11) is 4.89. The summed E-state index contributed by atoms with van der Waals surface area (Å²) in [5.41, 5.74) is 7.25. The summed E-state index contributed by atoms with van der Waals surface area (Å²) in [6.07, 6.45) is 3.45. The van der Waals surface area contributed by atoms with E-state index in [9.17, 15) is 19.2 Å². The van der Waals surface area contributed by atoms with Crippen molar-refractivity contribution in [3.05, 3.63) is 83.6 Å². The minimum Gasteiger partial charge on any atom is -0.388 e. The highest BCUT2D eigenvalue weighted by molar-refractivity contribution is 6.18. The molecule has 4 amide bonds. The highest BCUT2D eigenvalue weighted by Crippen LogP contribution is 2.24. The van der Waals surface area contributed by atoms with Crippen LogP contribution in [0.3, 0.4) is 0 Å². The number of alkyl halides is 2. The maximum atomic E-state index is 13.7. The number of hydrogen-bond acceptors (Lipinski definition) is 7. The summed E-state index contributed by atoms with van der Waals surface area (Å²) in [6.45, 7) is 0.876. The van der Waals surface area contributed by atoms with Crippen LogP contribution in [0.5, 0.6) is 0 Å². The Balaban J connectivity index is 1.50. The van der Waals surface area contributed by atoms with Crippen LogP contribution in [-0.2, 0) is 21.1 Å². The normalized spacial score (nSPS) is 11.0. The van der Waals surface area contributed by atoms with Crippen molar-refractivity contribution in [3.63, 3.8) is 0 Å². The Hall–Kier alpha value is -5.12. The van der Waals surface area contributed by atoms with E-state index in [-0.39, 0.29) is 59.6 Å². The van der Waals surface area contributed by atoms with Crippen molar-refractivity contribution >= 4 is 69.9 Å². The van der Waals surface area contributed by atoms with E-state index in [1.54, 1.807) is 78.0 Å². The van der Waals surface area contributed by atoms with Crippen LogP contribution in [0.4, 0.5) is 17.2 Å². The number of anilines is 3. The standard InChI is InChI=1S/C31H37Cl2N11O4/c1-40-18-21(15-23(40)28(45)36-12-9-26(34)35)37-30(47)25-17-27(39-42(25)3)38-29(46)24-16-22(19-41(24)2)44(43(13-10-32)14-11-33)31(48)20-7-5-4-6-8-20/h4-8,15-19H,9-14H2,1-3H3,(H3,34,35)(H,36,45)(H,37,47)(H,38,39,46). The van der Waals surface area contributed by atoms with Crippen molar-refractivity contribution < 1.29 is 19.2 Å². The molecule has 0 radical (unpaired) electrons. The molecule has 0 atom stereocenters. The third-order valence-corrected chi connectivity index (χ3v) is 7.52. The Morgan fingerprint density at radius 2 is 1.48 bits per heavy atom. The lowest BCUT2D eigenvalue weighted by Gasteiger charge is -2.33. The molecule has 0 fully saturated rings. The van der Waals surface area contributed by atoms with Crippen molar-refractivity contribution in [2.24, 2.45) is 26.9 Å². The molecule has 0 saturated heterocycles. The summed E-state index contributed by atoms with van der Waals surface area (Å²) in [5.74, 6) is -1.17. The first-order chi connectivity index (χ1) is 22.9. The van der Waals surface area contributed by atoms with E-state index in [4.69, 9.17) is 34.3 Å². The van der Waals surface area contributed by atoms with Crippen LogP contribution in [0.15, 0.2) is 60.9 Å². The number of nitrogens with two attached hydrogens (primary N) is 1. The largest absolute Gasteiger partial charge is 0.388 e. The lowest BCUT2D eigenvalue weighted by Crippen LogP contribution is -2.48. The SMILES string of the molecule is Cn1cc(NC(=O)c2cc(NC(=O)c3cc(N(C(=O)c4ccccc4)N(CCCl)CCCl)cn3C)nn2C)cc1C(=O)NCCC(=N)N. The van der Waals surface area contributed by atoms with Gasteiger partial charge in [0.1, 0.15) is 17.1 Å². The van der Waals surface area contributed by atoms with Gasteiger partial charge in [0.25, 0.3) is 23.6 Å². The van der Waals surface area contributed by atoms with Crippen LogP contribution in [-0.4, -0.2) is 84.8 Å². The van der Waals surface area contributed by atoms with Crippen LogP contribution in [0.1, 0.15) is 48.2 Å². The number of aromatic nitrogens is 4. The third kappa shape index (κ3) is 8.61. The Labute approximate surface area is 287 Å². The van der Waals surface area contributed by atoms with Gasteiger partial charge in [0, 0.05) is 83.0 Å². The molecule has 0 aliphatic carbocycles. The Kier molecular flexibility index (Phi) is 12.0. The highest BCUT2D eigenvalue weighted by Gasteiger charge is 2.27. The van der Waals surface area contributed by atoms with Gasteiger partial charge in [0.2, 0.25) is 0 Å². The molecule has 0 bridgehead atoms. The molecule has 1 aromatic carbocycles. The molecule has 6 N–H and O–H groups in total. The molecule has 15 nitrogen and oxygen atoms in total. The van der Waals surface area contributed by atoms with E-state index >= 15 is 0 Å². The van der Waals surface area contributed by atoms with Gasteiger partial charge in [0.05, 0.1) is 17.2 Å². The first-order valence-electron chi connectivity index (χ1n) is 14.8. The number of amidine groups is 1. The smallest absolute Gasteiger partial charge is 0.274 e. The predicted molar refractivity (Wildman–Crippen MR) is 185 cm³/mol. The molecule has 0 aliphatic rings. The molecule has 0 saturated carbocycles. The van der Waals surface area contributed by atoms with Crippen LogP contribution < -0.4 is 26.7 Å². The third-order valence-electron chi connectivity index (χ3n) is 7.18. The zero-order valence-electron chi connectivity index (χ0n) is 26.7. The Morgan fingerprint density at radius 3 is 2.12 bits per heavy atom. The minimum atomic E-state index is -0.523. The van der Waals surface area contributed by atoms with Gasteiger partial charge in [-0.15, -0.1) is 23.2 Å². The molecule has 3 heterocycles. The number of rotatable bonds is 15. The van der Waals surface area contributed by atoms with Crippen molar-refractivity contribution in [2.45, 2.75) is 6.42 Å². The van der Waals surface area contributed by atoms with Crippen molar-refractivity contribution in [1.29, 1.82) is 5.41 Å². The number of hydrazine groups is 1. The Bertz CT molecular complexity index is 1790. The molecule has 3 aromatic heterocycles. The summed E-state index contributed by atoms with van der Waals surface area (Å²) in [4.78, 5) is 52.7. The molecular weight excluding hydrogens is 661 g/mol. The van der Waals surface area contributed by atoms with E-state index in [1.807, 2.05) is 6.07 Å².